The molecule has 3 N–H and O–H groups in total. The average Bonchev–Trinajstić information content (AvgIpc) is 2.33. The highest BCUT2D eigenvalue weighted by Crippen LogP contribution is 2.18. The summed E-state index contributed by atoms with van der Waals surface area (Å²) in [4.78, 5) is 6.58. The van der Waals surface area contributed by atoms with Gasteiger partial charge in [0.15, 0.2) is 0 Å². The van der Waals surface area contributed by atoms with Crippen molar-refractivity contribution >= 4 is 11.5 Å². The fraction of sp³-hybridized carbons (Fsp3) is 0.615. The number of nitrogen functional groups attached to an aromatic ring is 1. The van der Waals surface area contributed by atoms with Gasteiger partial charge >= 0.3 is 0 Å². The standard InChI is InChI=1S/C13H24N4/c1-5-11(3)17(4)9-8-16-13-12(14)10(2)6-7-15-13/h6-7,11H,5,8-9,14H2,1-4H3,(H,15,16). The largest absolute Gasteiger partial charge is 0.396 e. The van der Waals surface area contributed by atoms with E-state index >= 15 is 0 Å². The zero-order chi connectivity index (χ0) is 12.8. The molecule has 1 unspecified atom stereocenters. The molecule has 4 heteroatoms. The molecule has 1 heterocycles. The fourth-order valence-electron chi connectivity index (χ4n) is 1.59. The van der Waals surface area contributed by atoms with Crippen molar-refractivity contribution in [3.05, 3.63) is 17.8 Å². The highest BCUT2D eigenvalue weighted by Gasteiger charge is 2.07. The van der Waals surface area contributed by atoms with E-state index in [2.05, 4.69) is 36.1 Å². The van der Waals surface area contributed by atoms with E-state index in [-0.39, 0.29) is 0 Å². The van der Waals surface area contributed by atoms with Crippen LogP contribution in [0.1, 0.15) is 25.8 Å². The van der Waals surface area contributed by atoms with Crippen LogP contribution in [0.2, 0.25) is 0 Å². The van der Waals surface area contributed by atoms with E-state index < -0.39 is 0 Å². The number of likely N-dealkylation sites (N-methyl/N-ethyl adjacent to an activating group) is 1. The maximum absolute atomic E-state index is 5.95. The number of aromatic nitrogens is 1. The number of pyridine rings is 1. The van der Waals surface area contributed by atoms with Gasteiger partial charge in [0.25, 0.3) is 0 Å². The van der Waals surface area contributed by atoms with Gasteiger partial charge in [-0.15, -0.1) is 0 Å². The highest BCUT2D eigenvalue weighted by molar-refractivity contribution is 5.64. The van der Waals surface area contributed by atoms with Gasteiger partial charge in [0.1, 0.15) is 5.82 Å². The first kappa shape index (κ1) is 13.8. The predicted molar refractivity (Wildman–Crippen MR) is 74.3 cm³/mol. The number of aryl methyl sites for hydroxylation is 1. The summed E-state index contributed by atoms with van der Waals surface area (Å²) in [5.74, 6) is 0.794. The fourth-order valence-corrected chi connectivity index (χ4v) is 1.59. The SMILES string of the molecule is CCC(C)N(C)CCNc1nccc(C)c1N. The lowest BCUT2D eigenvalue weighted by molar-refractivity contribution is 0.261. The topological polar surface area (TPSA) is 54.2 Å². The molecule has 0 amide bonds. The summed E-state index contributed by atoms with van der Waals surface area (Å²) in [6.07, 6.45) is 2.95. The van der Waals surface area contributed by atoms with Crippen LogP contribution in [-0.4, -0.2) is 36.1 Å². The third kappa shape index (κ3) is 3.89. The quantitative estimate of drug-likeness (QED) is 0.794. The number of hydrogen-bond acceptors (Lipinski definition) is 4. The average molecular weight is 236 g/mol. The van der Waals surface area contributed by atoms with Crippen LogP contribution in [0.15, 0.2) is 12.3 Å². The molecule has 0 bridgehead atoms. The van der Waals surface area contributed by atoms with Gasteiger partial charge in [-0.05, 0) is 38.9 Å². The van der Waals surface area contributed by atoms with Crippen molar-refractivity contribution in [3.63, 3.8) is 0 Å². The molecule has 17 heavy (non-hydrogen) atoms. The Morgan fingerprint density at radius 1 is 1.53 bits per heavy atom. The molecular formula is C13H24N4. The molecule has 0 saturated heterocycles. The van der Waals surface area contributed by atoms with E-state index in [4.69, 9.17) is 5.73 Å². The minimum atomic E-state index is 0.611. The van der Waals surface area contributed by atoms with Crippen molar-refractivity contribution in [3.8, 4) is 0 Å². The van der Waals surface area contributed by atoms with Crippen LogP contribution in [0.25, 0.3) is 0 Å². The first-order valence-corrected chi connectivity index (χ1v) is 6.21. The van der Waals surface area contributed by atoms with Gasteiger partial charge in [-0.2, -0.15) is 0 Å². The molecule has 0 fully saturated rings. The Labute approximate surface area is 104 Å². The lowest BCUT2D eigenvalue weighted by atomic mass is 10.2. The predicted octanol–water partition coefficient (Wildman–Crippen LogP) is 2.11. The van der Waals surface area contributed by atoms with E-state index in [1.165, 1.54) is 6.42 Å². The van der Waals surface area contributed by atoms with Crippen LogP contribution in [-0.2, 0) is 0 Å². The molecular weight excluding hydrogens is 212 g/mol. The maximum Gasteiger partial charge on any atom is 0.149 e. The van der Waals surface area contributed by atoms with Crippen LogP contribution >= 0.6 is 0 Å². The monoisotopic (exact) mass is 236 g/mol. The van der Waals surface area contributed by atoms with Crippen molar-refractivity contribution in [2.45, 2.75) is 33.2 Å². The van der Waals surface area contributed by atoms with Crippen molar-refractivity contribution < 1.29 is 0 Å². The van der Waals surface area contributed by atoms with Crippen molar-refractivity contribution in [1.82, 2.24) is 9.88 Å². The second-order valence-electron chi connectivity index (χ2n) is 4.55. The summed E-state index contributed by atoms with van der Waals surface area (Å²) in [6, 6.07) is 2.53. The van der Waals surface area contributed by atoms with Crippen LogP contribution in [0, 0.1) is 6.92 Å². The highest BCUT2D eigenvalue weighted by atomic mass is 15.1. The molecule has 0 aliphatic rings. The van der Waals surface area contributed by atoms with Crippen LogP contribution < -0.4 is 11.1 Å². The number of rotatable bonds is 6. The number of nitrogens with two attached hydrogens (primary N) is 1. The van der Waals surface area contributed by atoms with Gasteiger partial charge in [0.2, 0.25) is 0 Å². The Morgan fingerprint density at radius 2 is 2.24 bits per heavy atom. The Kier molecular flexibility index (Phi) is 5.22. The molecule has 96 valence electrons. The second kappa shape index (κ2) is 6.45. The molecule has 1 atom stereocenters. The molecule has 4 nitrogen and oxygen atoms in total. The second-order valence-corrected chi connectivity index (χ2v) is 4.55. The number of nitrogens with one attached hydrogen (secondary N) is 1. The van der Waals surface area contributed by atoms with E-state index in [0.717, 1.165) is 30.2 Å². The van der Waals surface area contributed by atoms with Gasteiger partial charge in [0.05, 0.1) is 5.69 Å². The molecule has 1 aromatic rings. The Morgan fingerprint density at radius 3 is 2.88 bits per heavy atom. The summed E-state index contributed by atoms with van der Waals surface area (Å²) in [5, 5.41) is 3.29. The molecule has 0 aliphatic carbocycles. The molecule has 0 aromatic carbocycles. The van der Waals surface area contributed by atoms with Gasteiger partial charge in [-0.25, -0.2) is 4.98 Å². The van der Waals surface area contributed by atoms with E-state index in [1.54, 1.807) is 6.20 Å². The van der Waals surface area contributed by atoms with E-state index in [9.17, 15) is 0 Å². The zero-order valence-corrected chi connectivity index (χ0v) is 11.3. The van der Waals surface area contributed by atoms with Gasteiger partial charge in [-0.1, -0.05) is 6.92 Å². The Hall–Kier alpha value is -1.29. The van der Waals surface area contributed by atoms with Crippen molar-refractivity contribution in [2.24, 2.45) is 0 Å². The molecule has 0 radical (unpaired) electrons. The number of anilines is 2. The Bertz CT molecular complexity index is 351. The lowest BCUT2D eigenvalue weighted by Gasteiger charge is -2.23. The molecule has 0 saturated carbocycles. The van der Waals surface area contributed by atoms with Crippen LogP contribution in [0.5, 0.6) is 0 Å². The van der Waals surface area contributed by atoms with Gasteiger partial charge in [0, 0.05) is 25.3 Å². The lowest BCUT2D eigenvalue weighted by Crippen LogP contribution is -2.32. The van der Waals surface area contributed by atoms with Crippen LogP contribution in [0.3, 0.4) is 0 Å². The first-order chi connectivity index (χ1) is 8.06. The summed E-state index contributed by atoms with van der Waals surface area (Å²) in [5.41, 5.74) is 7.76. The Balaban J connectivity index is 2.43. The summed E-state index contributed by atoms with van der Waals surface area (Å²) in [7, 11) is 2.14. The normalized spacial score (nSPS) is 12.8. The minimum Gasteiger partial charge on any atom is -0.396 e. The third-order valence-electron chi connectivity index (χ3n) is 3.31. The minimum absolute atomic E-state index is 0.611. The molecule has 0 aliphatic heterocycles. The first-order valence-electron chi connectivity index (χ1n) is 6.21. The third-order valence-corrected chi connectivity index (χ3v) is 3.31. The maximum atomic E-state index is 5.95. The number of hydrogen-bond donors (Lipinski definition) is 2. The van der Waals surface area contributed by atoms with Crippen molar-refractivity contribution in [2.75, 3.05) is 31.2 Å². The summed E-state index contributed by atoms with van der Waals surface area (Å²) >= 11 is 0. The molecule has 1 aromatic heterocycles. The molecule has 1 rings (SSSR count). The van der Waals surface area contributed by atoms with E-state index in [0.29, 0.717) is 6.04 Å². The molecule has 0 spiro atoms. The van der Waals surface area contributed by atoms with Crippen molar-refractivity contribution in [1.29, 1.82) is 0 Å². The van der Waals surface area contributed by atoms with Gasteiger partial charge in [-0.3, -0.25) is 0 Å². The number of nitrogens with zero attached hydrogens (tertiary/aromatic N) is 2. The summed E-state index contributed by atoms with van der Waals surface area (Å²) in [6.45, 7) is 8.28. The van der Waals surface area contributed by atoms with Crippen LogP contribution in [0.4, 0.5) is 11.5 Å². The smallest absolute Gasteiger partial charge is 0.149 e. The zero-order valence-electron chi connectivity index (χ0n) is 11.3. The van der Waals surface area contributed by atoms with E-state index in [1.807, 2.05) is 13.0 Å². The summed E-state index contributed by atoms with van der Waals surface area (Å²) < 4.78 is 0. The van der Waals surface area contributed by atoms with Gasteiger partial charge < -0.3 is 16.0 Å².